The highest BCUT2D eigenvalue weighted by atomic mass is 35.5. The van der Waals surface area contributed by atoms with Gasteiger partial charge in [-0.05, 0) is 55.2 Å². The van der Waals surface area contributed by atoms with Crippen molar-refractivity contribution in [1.82, 2.24) is 0 Å². The van der Waals surface area contributed by atoms with Gasteiger partial charge in [0.25, 0.3) is 10.0 Å². The van der Waals surface area contributed by atoms with Crippen LogP contribution in [0.3, 0.4) is 0 Å². The predicted molar refractivity (Wildman–Crippen MR) is 108 cm³/mol. The van der Waals surface area contributed by atoms with Gasteiger partial charge in [-0.1, -0.05) is 42.0 Å². The van der Waals surface area contributed by atoms with Crippen molar-refractivity contribution in [2.45, 2.75) is 24.2 Å². The van der Waals surface area contributed by atoms with E-state index in [0.717, 1.165) is 17.6 Å². The fraction of sp³-hybridized carbons (Fsp3) is 0.286. The number of cyclic esters (lactones) is 1. The number of hydrogen-bond acceptors (Lipinski definition) is 4. The van der Waals surface area contributed by atoms with Crippen LogP contribution in [-0.2, 0) is 26.0 Å². The van der Waals surface area contributed by atoms with Crippen LogP contribution in [0.1, 0.15) is 18.4 Å². The molecule has 2 atom stereocenters. The minimum absolute atomic E-state index is 0.101. The first-order valence-electron chi connectivity index (χ1n) is 9.00. The van der Waals surface area contributed by atoms with Crippen LogP contribution in [0.15, 0.2) is 65.6 Å². The molecule has 0 spiro atoms. The molecule has 0 amide bonds. The zero-order valence-electron chi connectivity index (χ0n) is 15.2. The van der Waals surface area contributed by atoms with Crippen LogP contribution >= 0.6 is 11.6 Å². The third-order valence-corrected chi connectivity index (χ3v) is 7.15. The summed E-state index contributed by atoms with van der Waals surface area (Å²) in [4.78, 5) is 12.5. The number of carbonyl (C=O) groups excluding carboxylic acids is 1. The topological polar surface area (TPSA) is 72.5 Å². The van der Waals surface area contributed by atoms with Crippen molar-refractivity contribution in [3.8, 4) is 0 Å². The summed E-state index contributed by atoms with van der Waals surface area (Å²) in [6.45, 7) is 4.51. The number of fused-ring (bicyclic) bond motifs is 1. The van der Waals surface area contributed by atoms with E-state index in [4.69, 9.17) is 16.3 Å². The van der Waals surface area contributed by atoms with Crippen molar-refractivity contribution in [3.63, 3.8) is 0 Å². The number of rotatable bonds is 5. The number of hydrogen-bond donors (Lipinski definition) is 1. The largest absolute Gasteiger partial charge is 0.465 e. The SMILES string of the molecule is C=C1CC2COC(=O)C2(Cc2ccc(NS(=O)(=O)c3cccc(Cl)c3)cc2)C1. The maximum Gasteiger partial charge on any atom is 0.313 e. The summed E-state index contributed by atoms with van der Waals surface area (Å²) in [5, 5.41) is 0.355. The Hall–Kier alpha value is -2.31. The Morgan fingerprint density at radius 3 is 2.68 bits per heavy atom. The van der Waals surface area contributed by atoms with Gasteiger partial charge in [0.1, 0.15) is 0 Å². The van der Waals surface area contributed by atoms with Gasteiger partial charge >= 0.3 is 5.97 Å². The predicted octanol–water partition coefficient (Wildman–Crippen LogP) is 4.19. The molecule has 0 radical (unpaired) electrons. The van der Waals surface area contributed by atoms with Gasteiger partial charge < -0.3 is 4.74 Å². The van der Waals surface area contributed by atoms with E-state index in [1.807, 2.05) is 12.1 Å². The summed E-state index contributed by atoms with van der Waals surface area (Å²) in [5.74, 6) is 0.0235. The molecule has 2 aromatic carbocycles. The molecule has 2 unspecified atom stereocenters. The van der Waals surface area contributed by atoms with Crippen molar-refractivity contribution in [2.24, 2.45) is 11.3 Å². The highest BCUT2D eigenvalue weighted by Crippen LogP contribution is 2.52. The lowest BCUT2D eigenvalue weighted by molar-refractivity contribution is -0.146. The zero-order chi connectivity index (χ0) is 19.9. The molecular formula is C21H20ClNO4S. The van der Waals surface area contributed by atoms with Gasteiger partial charge in [-0.15, -0.1) is 0 Å². The van der Waals surface area contributed by atoms with Gasteiger partial charge in [0, 0.05) is 16.6 Å². The van der Waals surface area contributed by atoms with Crippen molar-refractivity contribution in [2.75, 3.05) is 11.3 Å². The molecule has 1 aliphatic heterocycles. The second-order valence-electron chi connectivity index (χ2n) is 7.52. The molecule has 1 heterocycles. The summed E-state index contributed by atoms with van der Waals surface area (Å²) in [5.41, 5.74) is 1.97. The molecule has 0 bridgehead atoms. The average Bonchev–Trinajstić information content (AvgIpc) is 3.11. The van der Waals surface area contributed by atoms with Gasteiger partial charge in [0.15, 0.2) is 0 Å². The highest BCUT2D eigenvalue weighted by molar-refractivity contribution is 7.92. The lowest BCUT2D eigenvalue weighted by atomic mass is 9.75. The smallest absolute Gasteiger partial charge is 0.313 e. The van der Waals surface area contributed by atoms with Crippen LogP contribution in [0.2, 0.25) is 5.02 Å². The molecule has 0 aromatic heterocycles. The maximum absolute atomic E-state index is 12.5. The molecule has 4 rings (SSSR count). The molecule has 2 aromatic rings. The number of halogens is 1. The van der Waals surface area contributed by atoms with Crippen molar-refractivity contribution in [1.29, 1.82) is 0 Å². The average molecular weight is 418 g/mol. The fourth-order valence-electron chi connectivity index (χ4n) is 4.17. The standard InChI is InChI=1S/C21H20ClNO4S/c1-14-9-16-13-27-20(24)21(16,11-14)12-15-5-7-18(8-6-15)23-28(25,26)19-4-2-3-17(22)10-19/h2-8,10,16,23H,1,9,11-13H2. The van der Waals surface area contributed by atoms with E-state index < -0.39 is 15.4 Å². The van der Waals surface area contributed by atoms with Crippen molar-refractivity contribution in [3.05, 3.63) is 71.3 Å². The van der Waals surface area contributed by atoms with E-state index in [-0.39, 0.29) is 16.8 Å². The molecule has 2 aliphatic rings. The zero-order valence-corrected chi connectivity index (χ0v) is 16.7. The van der Waals surface area contributed by atoms with Gasteiger partial charge in [-0.3, -0.25) is 9.52 Å². The Morgan fingerprint density at radius 1 is 1.21 bits per heavy atom. The Kier molecular flexibility index (Phi) is 4.71. The third-order valence-electron chi connectivity index (χ3n) is 5.54. The molecule has 1 saturated heterocycles. The number of nitrogens with one attached hydrogen (secondary N) is 1. The number of allylic oxidation sites excluding steroid dienone is 1. The van der Waals surface area contributed by atoms with Crippen LogP contribution in [0.5, 0.6) is 0 Å². The van der Waals surface area contributed by atoms with Gasteiger partial charge in [-0.2, -0.15) is 0 Å². The molecule has 1 saturated carbocycles. The minimum Gasteiger partial charge on any atom is -0.465 e. The monoisotopic (exact) mass is 417 g/mol. The summed E-state index contributed by atoms with van der Waals surface area (Å²) in [7, 11) is -3.72. The van der Waals surface area contributed by atoms with Crippen LogP contribution in [0.4, 0.5) is 5.69 Å². The lowest BCUT2D eigenvalue weighted by Gasteiger charge is -2.24. The number of anilines is 1. The molecule has 2 fully saturated rings. The molecule has 28 heavy (non-hydrogen) atoms. The summed E-state index contributed by atoms with van der Waals surface area (Å²) in [6.07, 6.45) is 2.04. The Morgan fingerprint density at radius 2 is 1.96 bits per heavy atom. The van der Waals surface area contributed by atoms with Crippen LogP contribution in [0, 0.1) is 11.3 Å². The first-order chi connectivity index (χ1) is 13.3. The lowest BCUT2D eigenvalue weighted by Crippen LogP contribution is -2.31. The highest BCUT2D eigenvalue weighted by Gasteiger charge is 2.55. The molecule has 1 N–H and O–H groups in total. The van der Waals surface area contributed by atoms with Gasteiger partial charge in [0.2, 0.25) is 0 Å². The normalized spacial score (nSPS) is 24.1. The Bertz CT molecular complexity index is 1050. The number of benzene rings is 2. The minimum atomic E-state index is -3.72. The van der Waals surface area contributed by atoms with Gasteiger partial charge in [0.05, 0.1) is 16.9 Å². The van der Waals surface area contributed by atoms with Crippen LogP contribution in [-0.4, -0.2) is 21.0 Å². The van der Waals surface area contributed by atoms with Crippen molar-refractivity contribution < 1.29 is 17.9 Å². The number of esters is 1. The molecular weight excluding hydrogens is 398 g/mol. The van der Waals surface area contributed by atoms with Gasteiger partial charge in [-0.25, -0.2) is 8.42 Å². The molecule has 5 nitrogen and oxygen atoms in total. The summed E-state index contributed by atoms with van der Waals surface area (Å²) in [6, 6.07) is 13.2. The molecule has 7 heteroatoms. The molecule has 1 aliphatic carbocycles. The number of ether oxygens (including phenoxy) is 1. The molecule has 146 valence electrons. The first kappa shape index (κ1) is 19.0. The fourth-order valence-corrected chi connectivity index (χ4v) is 5.52. The van der Waals surface area contributed by atoms with E-state index in [2.05, 4.69) is 11.3 Å². The first-order valence-corrected chi connectivity index (χ1v) is 10.9. The summed E-state index contributed by atoms with van der Waals surface area (Å²) >= 11 is 5.89. The van der Waals surface area contributed by atoms with E-state index in [1.165, 1.54) is 12.1 Å². The van der Waals surface area contributed by atoms with Crippen molar-refractivity contribution >= 4 is 33.3 Å². The second kappa shape index (κ2) is 6.94. The van der Waals surface area contributed by atoms with E-state index in [9.17, 15) is 13.2 Å². The maximum atomic E-state index is 12.5. The quantitative estimate of drug-likeness (QED) is 0.584. The number of sulfonamides is 1. The second-order valence-corrected chi connectivity index (χ2v) is 9.64. The van der Waals surface area contributed by atoms with E-state index in [0.29, 0.717) is 30.2 Å². The van der Waals surface area contributed by atoms with E-state index in [1.54, 1.807) is 24.3 Å². The third kappa shape index (κ3) is 3.42. The van der Waals surface area contributed by atoms with E-state index >= 15 is 0 Å². The van der Waals surface area contributed by atoms with Crippen LogP contribution < -0.4 is 4.72 Å². The number of carbonyl (C=O) groups is 1. The van der Waals surface area contributed by atoms with Crippen LogP contribution in [0.25, 0.3) is 0 Å². The summed E-state index contributed by atoms with van der Waals surface area (Å²) < 4.78 is 32.9. The Labute approximate surface area is 169 Å². The Balaban J connectivity index is 1.52.